The van der Waals surface area contributed by atoms with Crippen molar-refractivity contribution < 1.29 is 13.2 Å². The summed E-state index contributed by atoms with van der Waals surface area (Å²) in [6, 6.07) is 9.77. The van der Waals surface area contributed by atoms with E-state index in [1.165, 1.54) is 31.4 Å². The van der Waals surface area contributed by atoms with Gasteiger partial charge in [-0.3, -0.25) is 0 Å². The largest absolute Gasteiger partial charge is 0.357 e. The molecule has 2 aromatic rings. The zero-order valence-electron chi connectivity index (χ0n) is 16.0. The summed E-state index contributed by atoms with van der Waals surface area (Å²) < 4.78 is 23.9. The molecule has 0 saturated carbocycles. The molecule has 0 spiro atoms. The summed E-state index contributed by atoms with van der Waals surface area (Å²) >= 11 is 0. The van der Waals surface area contributed by atoms with Crippen molar-refractivity contribution in [3.63, 3.8) is 0 Å². The third kappa shape index (κ3) is 5.22. The van der Waals surface area contributed by atoms with Gasteiger partial charge in [-0.1, -0.05) is 13.0 Å². The van der Waals surface area contributed by atoms with Crippen LogP contribution in [-0.4, -0.2) is 38.3 Å². The van der Waals surface area contributed by atoms with Crippen molar-refractivity contribution in [1.82, 2.24) is 10.3 Å². The van der Waals surface area contributed by atoms with Crippen molar-refractivity contribution in [3.8, 4) is 0 Å². The highest BCUT2D eigenvalue weighted by atomic mass is 32.2. The number of benzene rings is 1. The number of carbonyl (C=O) groups is 1. The van der Waals surface area contributed by atoms with Crippen LogP contribution < -0.4 is 15.5 Å². The van der Waals surface area contributed by atoms with Gasteiger partial charge >= 0.3 is 6.03 Å². The van der Waals surface area contributed by atoms with Gasteiger partial charge < -0.3 is 15.5 Å². The quantitative estimate of drug-likeness (QED) is 0.774. The number of aromatic nitrogens is 1. The smallest absolute Gasteiger partial charge is 0.319 e. The summed E-state index contributed by atoms with van der Waals surface area (Å²) in [7, 11) is -3.31. The van der Waals surface area contributed by atoms with E-state index in [4.69, 9.17) is 0 Å². The first-order valence-corrected chi connectivity index (χ1v) is 11.2. The average Bonchev–Trinajstić information content (AvgIpc) is 2.73. The number of nitrogens with one attached hydrogen (secondary N) is 2. The molecule has 0 unspecified atom stereocenters. The van der Waals surface area contributed by atoms with Gasteiger partial charge in [0.1, 0.15) is 5.82 Å². The minimum atomic E-state index is -3.31. The van der Waals surface area contributed by atoms with Crippen LogP contribution in [0.3, 0.4) is 0 Å². The van der Waals surface area contributed by atoms with Crippen molar-refractivity contribution in [3.05, 3.63) is 48.2 Å². The number of nitrogens with zero attached hydrogens (tertiary/aromatic N) is 2. The Labute approximate surface area is 166 Å². The van der Waals surface area contributed by atoms with Crippen LogP contribution in [0.1, 0.15) is 31.7 Å². The van der Waals surface area contributed by atoms with E-state index in [1.807, 2.05) is 12.1 Å². The van der Waals surface area contributed by atoms with Crippen molar-refractivity contribution >= 4 is 27.4 Å². The van der Waals surface area contributed by atoms with Crippen LogP contribution in [-0.2, 0) is 16.4 Å². The normalized spacial score (nSPS) is 14.5. The van der Waals surface area contributed by atoms with Crippen LogP contribution in [0.5, 0.6) is 0 Å². The van der Waals surface area contributed by atoms with E-state index in [0.717, 1.165) is 24.5 Å². The molecule has 2 heterocycles. The van der Waals surface area contributed by atoms with Gasteiger partial charge in [0, 0.05) is 31.5 Å². The van der Waals surface area contributed by atoms with Gasteiger partial charge in [-0.05, 0) is 55.2 Å². The lowest BCUT2D eigenvalue weighted by molar-refractivity contribution is 0.251. The number of sulfone groups is 1. The SMILES string of the molecule is CCS(=O)(=O)c1cccc(NC(=O)NCc2ccnc(N3CCCCC3)c2)c1. The van der Waals surface area contributed by atoms with E-state index in [0.29, 0.717) is 12.2 Å². The van der Waals surface area contributed by atoms with Crippen molar-refractivity contribution in [2.45, 2.75) is 37.6 Å². The van der Waals surface area contributed by atoms with Crippen LogP contribution in [0.15, 0.2) is 47.5 Å². The summed E-state index contributed by atoms with van der Waals surface area (Å²) in [4.78, 5) is 19.1. The van der Waals surface area contributed by atoms with Gasteiger partial charge in [-0.25, -0.2) is 18.2 Å². The molecule has 1 aliphatic rings. The molecule has 150 valence electrons. The van der Waals surface area contributed by atoms with Crippen molar-refractivity contribution in [2.24, 2.45) is 0 Å². The van der Waals surface area contributed by atoms with E-state index in [-0.39, 0.29) is 16.7 Å². The van der Waals surface area contributed by atoms with E-state index in [9.17, 15) is 13.2 Å². The van der Waals surface area contributed by atoms with Crippen molar-refractivity contribution in [1.29, 1.82) is 0 Å². The van der Waals surface area contributed by atoms with Gasteiger partial charge in [0.05, 0.1) is 10.6 Å². The summed E-state index contributed by atoms with van der Waals surface area (Å²) in [6.07, 6.45) is 5.38. The van der Waals surface area contributed by atoms with Gasteiger partial charge in [0.2, 0.25) is 0 Å². The zero-order valence-corrected chi connectivity index (χ0v) is 16.8. The van der Waals surface area contributed by atoms with Crippen molar-refractivity contribution in [2.75, 3.05) is 29.1 Å². The maximum absolute atomic E-state index is 12.2. The number of rotatable bonds is 6. The third-order valence-electron chi connectivity index (χ3n) is 4.77. The topological polar surface area (TPSA) is 91.4 Å². The highest BCUT2D eigenvalue weighted by molar-refractivity contribution is 7.91. The predicted molar refractivity (Wildman–Crippen MR) is 110 cm³/mol. The second kappa shape index (κ2) is 9.05. The molecule has 8 heteroatoms. The number of pyridine rings is 1. The first kappa shape index (κ1) is 20.1. The number of amides is 2. The van der Waals surface area contributed by atoms with Gasteiger partial charge in [-0.2, -0.15) is 0 Å². The van der Waals surface area contributed by atoms with Crippen LogP contribution in [0, 0.1) is 0 Å². The van der Waals surface area contributed by atoms with Crippen LogP contribution in [0.4, 0.5) is 16.3 Å². The summed E-state index contributed by atoms with van der Waals surface area (Å²) in [5.74, 6) is 0.959. The molecule has 3 rings (SSSR count). The van der Waals surface area contributed by atoms with Crippen LogP contribution in [0.25, 0.3) is 0 Å². The highest BCUT2D eigenvalue weighted by Crippen LogP contribution is 2.19. The first-order valence-electron chi connectivity index (χ1n) is 9.55. The molecule has 1 saturated heterocycles. The Kier molecular flexibility index (Phi) is 6.51. The Morgan fingerprint density at radius 1 is 1.14 bits per heavy atom. The standard InChI is InChI=1S/C20H26N4O3S/c1-2-28(26,27)18-8-6-7-17(14-18)23-20(25)22-15-16-9-10-21-19(13-16)24-11-4-3-5-12-24/h6-10,13-14H,2-5,11-12,15H2,1H3,(H2,22,23,25). The summed E-state index contributed by atoms with van der Waals surface area (Å²) in [5, 5.41) is 5.49. The minimum Gasteiger partial charge on any atom is -0.357 e. The first-order chi connectivity index (χ1) is 13.5. The number of urea groups is 1. The van der Waals surface area contributed by atoms with Gasteiger partial charge in [0.15, 0.2) is 9.84 Å². The molecule has 1 aliphatic heterocycles. The molecule has 1 aromatic carbocycles. The van der Waals surface area contributed by atoms with Crippen LogP contribution in [0.2, 0.25) is 0 Å². The molecule has 2 amide bonds. The fraction of sp³-hybridized carbons (Fsp3) is 0.400. The van der Waals surface area contributed by atoms with E-state index >= 15 is 0 Å². The second-order valence-electron chi connectivity index (χ2n) is 6.81. The molecule has 0 radical (unpaired) electrons. The van der Waals surface area contributed by atoms with E-state index in [2.05, 4.69) is 20.5 Å². The monoisotopic (exact) mass is 402 g/mol. The lowest BCUT2D eigenvalue weighted by Crippen LogP contribution is -2.31. The third-order valence-corrected chi connectivity index (χ3v) is 6.51. The molecule has 2 N–H and O–H groups in total. The average molecular weight is 403 g/mol. The van der Waals surface area contributed by atoms with Crippen LogP contribution >= 0.6 is 0 Å². The number of hydrogen-bond donors (Lipinski definition) is 2. The molecular formula is C20H26N4O3S. The fourth-order valence-electron chi connectivity index (χ4n) is 3.16. The molecule has 28 heavy (non-hydrogen) atoms. The Bertz CT molecular complexity index is 925. The van der Waals surface area contributed by atoms with Gasteiger partial charge in [0.25, 0.3) is 0 Å². The lowest BCUT2D eigenvalue weighted by atomic mass is 10.1. The number of piperidine rings is 1. The Balaban J connectivity index is 1.58. The zero-order chi connectivity index (χ0) is 20.0. The maximum Gasteiger partial charge on any atom is 0.319 e. The number of anilines is 2. The fourth-order valence-corrected chi connectivity index (χ4v) is 4.08. The maximum atomic E-state index is 12.2. The lowest BCUT2D eigenvalue weighted by Gasteiger charge is -2.27. The Morgan fingerprint density at radius 2 is 1.93 bits per heavy atom. The molecule has 1 fully saturated rings. The summed E-state index contributed by atoms with van der Waals surface area (Å²) in [5.41, 5.74) is 1.41. The highest BCUT2D eigenvalue weighted by Gasteiger charge is 2.14. The molecule has 7 nitrogen and oxygen atoms in total. The van der Waals surface area contributed by atoms with E-state index < -0.39 is 9.84 Å². The molecule has 0 aliphatic carbocycles. The van der Waals surface area contributed by atoms with E-state index in [1.54, 1.807) is 25.3 Å². The Morgan fingerprint density at radius 3 is 2.68 bits per heavy atom. The molecule has 0 atom stereocenters. The van der Waals surface area contributed by atoms with Gasteiger partial charge in [-0.15, -0.1) is 0 Å². The number of hydrogen-bond acceptors (Lipinski definition) is 5. The predicted octanol–water partition coefficient (Wildman–Crippen LogP) is 3.19. The molecule has 0 bridgehead atoms. The summed E-state index contributed by atoms with van der Waals surface area (Å²) in [6.45, 7) is 3.99. The number of carbonyl (C=O) groups excluding carboxylic acids is 1. The molecular weight excluding hydrogens is 376 g/mol. The minimum absolute atomic E-state index is 0.0179. The molecule has 1 aromatic heterocycles. The Hall–Kier alpha value is -2.61. The second-order valence-corrected chi connectivity index (χ2v) is 9.09.